The molecule has 1 aromatic heterocycles. The van der Waals surface area contributed by atoms with Gasteiger partial charge in [-0.05, 0) is 30.9 Å². The van der Waals surface area contributed by atoms with Crippen LogP contribution in [0.15, 0.2) is 41.8 Å². The minimum atomic E-state index is -1.04. The smallest absolute Gasteiger partial charge is 0.355 e. The number of nitrogens with zero attached hydrogens (tertiary/aromatic N) is 1. The van der Waals surface area contributed by atoms with E-state index in [1.165, 1.54) is 28.8 Å². The Bertz CT molecular complexity index is 901. The number of thiazole rings is 1. The Kier molecular flexibility index (Phi) is 5.94. The van der Waals surface area contributed by atoms with Gasteiger partial charge in [0.15, 0.2) is 5.69 Å². The van der Waals surface area contributed by atoms with Crippen molar-refractivity contribution in [3.05, 3.63) is 58.3 Å². The van der Waals surface area contributed by atoms with E-state index in [1.807, 2.05) is 12.2 Å². The summed E-state index contributed by atoms with van der Waals surface area (Å²) < 4.78 is 24.9. The van der Waals surface area contributed by atoms with E-state index in [4.69, 9.17) is 14.6 Å². The Morgan fingerprint density at radius 3 is 3.03 bits per heavy atom. The highest BCUT2D eigenvalue weighted by atomic mass is 32.1. The van der Waals surface area contributed by atoms with E-state index in [0.717, 1.165) is 12.8 Å². The summed E-state index contributed by atoms with van der Waals surface area (Å²) in [6, 6.07) is 5.98. The predicted octanol–water partition coefficient (Wildman–Crippen LogP) is 3.83. The third kappa shape index (κ3) is 4.49. The highest BCUT2D eigenvalue weighted by Gasteiger charge is 2.45. The highest BCUT2D eigenvalue weighted by Crippen LogP contribution is 2.46. The third-order valence-electron chi connectivity index (χ3n) is 5.51. The molecule has 8 heteroatoms. The van der Waals surface area contributed by atoms with E-state index in [2.05, 4.69) is 4.98 Å². The Balaban J connectivity index is 1.33. The summed E-state index contributed by atoms with van der Waals surface area (Å²) in [5.41, 5.74) is 0.0429. The monoisotopic (exact) mass is 419 g/mol. The molecule has 29 heavy (non-hydrogen) atoms. The number of aromatic carboxylic acids is 1. The van der Waals surface area contributed by atoms with Gasteiger partial charge in [-0.3, -0.25) is 0 Å². The van der Waals surface area contributed by atoms with Crippen molar-refractivity contribution in [3.8, 4) is 5.75 Å². The lowest BCUT2D eigenvalue weighted by atomic mass is 9.86. The fourth-order valence-corrected chi connectivity index (χ4v) is 5.02. The largest absolute Gasteiger partial charge is 0.489 e. The van der Waals surface area contributed by atoms with Gasteiger partial charge >= 0.3 is 5.97 Å². The molecule has 154 valence electrons. The summed E-state index contributed by atoms with van der Waals surface area (Å²) in [6.45, 7) is 0.296. The highest BCUT2D eigenvalue weighted by molar-refractivity contribution is 7.09. The van der Waals surface area contributed by atoms with Gasteiger partial charge in [0.1, 0.15) is 29.3 Å². The minimum absolute atomic E-state index is 0.0251. The topological polar surface area (TPSA) is 88.9 Å². The Morgan fingerprint density at radius 1 is 1.41 bits per heavy atom. The molecule has 2 fully saturated rings. The van der Waals surface area contributed by atoms with Gasteiger partial charge in [-0.15, -0.1) is 11.3 Å². The van der Waals surface area contributed by atoms with Crippen LogP contribution in [0.1, 0.15) is 40.9 Å². The van der Waals surface area contributed by atoms with Crippen LogP contribution in [0.3, 0.4) is 0 Å². The summed E-state index contributed by atoms with van der Waals surface area (Å²) in [7, 11) is 0. The molecule has 0 radical (unpaired) electrons. The zero-order chi connectivity index (χ0) is 20.4. The quantitative estimate of drug-likeness (QED) is 0.692. The maximum Gasteiger partial charge on any atom is 0.355 e. The number of carbonyl (C=O) groups is 1. The number of ether oxygens (including phenoxy) is 2. The molecule has 1 saturated carbocycles. The lowest BCUT2D eigenvalue weighted by Gasteiger charge is -2.33. The normalized spacial score (nSPS) is 29.1. The lowest BCUT2D eigenvalue weighted by Crippen LogP contribution is -2.30. The average Bonchev–Trinajstić information content (AvgIpc) is 3.30. The number of carboxylic acid groups (broad SMARTS) is 1. The van der Waals surface area contributed by atoms with Crippen LogP contribution in [-0.2, 0) is 4.74 Å². The van der Waals surface area contributed by atoms with Crippen molar-refractivity contribution in [1.29, 1.82) is 0 Å². The molecule has 5 atom stereocenters. The molecule has 0 spiro atoms. The number of hydrogen-bond acceptors (Lipinski definition) is 6. The maximum atomic E-state index is 13.2. The lowest BCUT2D eigenvalue weighted by molar-refractivity contribution is -0.0767. The molecule has 2 aliphatic rings. The summed E-state index contributed by atoms with van der Waals surface area (Å²) >= 11 is 1.30. The van der Waals surface area contributed by atoms with Gasteiger partial charge in [0.25, 0.3) is 0 Å². The molecule has 2 heterocycles. The molecule has 0 bridgehead atoms. The molecule has 2 unspecified atom stereocenters. The van der Waals surface area contributed by atoms with Gasteiger partial charge in [-0.2, -0.15) is 0 Å². The number of aliphatic hydroxyl groups is 1. The van der Waals surface area contributed by atoms with Gasteiger partial charge in [-0.25, -0.2) is 14.2 Å². The first-order valence-corrected chi connectivity index (χ1v) is 10.5. The fraction of sp³-hybridized carbons (Fsp3) is 0.429. The first-order chi connectivity index (χ1) is 14.0. The van der Waals surface area contributed by atoms with Gasteiger partial charge in [0, 0.05) is 23.8 Å². The number of rotatable bonds is 6. The second kappa shape index (κ2) is 8.61. The zero-order valence-corrected chi connectivity index (χ0v) is 16.4. The molecular weight excluding hydrogens is 397 g/mol. The van der Waals surface area contributed by atoms with Gasteiger partial charge in [0.2, 0.25) is 0 Å². The Morgan fingerprint density at radius 2 is 2.28 bits per heavy atom. The molecular formula is C21H22FNO5S. The summed E-state index contributed by atoms with van der Waals surface area (Å²) in [5.74, 6) is -0.741. The van der Waals surface area contributed by atoms with Crippen LogP contribution in [0.25, 0.3) is 0 Å². The predicted molar refractivity (Wildman–Crippen MR) is 105 cm³/mol. The molecule has 0 amide bonds. The zero-order valence-electron chi connectivity index (χ0n) is 15.6. The van der Waals surface area contributed by atoms with Crippen molar-refractivity contribution < 1.29 is 28.9 Å². The van der Waals surface area contributed by atoms with Crippen molar-refractivity contribution in [1.82, 2.24) is 4.98 Å². The number of hydrogen-bond donors (Lipinski definition) is 2. The van der Waals surface area contributed by atoms with E-state index >= 15 is 0 Å². The summed E-state index contributed by atoms with van der Waals surface area (Å²) in [4.78, 5) is 15.2. The second-order valence-electron chi connectivity index (χ2n) is 7.36. The van der Waals surface area contributed by atoms with Gasteiger partial charge in [-0.1, -0.05) is 18.2 Å². The number of aliphatic hydroxyl groups excluding tert-OH is 1. The van der Waals surface area contributed by atoms with Gasteiger partial charge in [0.05, 0.1) is 12.2 Å². The molecule has 4 rings (SSSR count). The number of halogens is 1. The number of aromatic nitrogens is 1. The third-order valence-corrected chi connectivity index (χ3v) is 6.45. The molecule has 2 aromatic rings. The molecule has 1 saturated heterocycles. The minimum Gasteiger partial charge on any atom is -0.489 e. The van der Waals surface area contributed by atoms with E-state index in [1.54, 1.807) is 12.1 Å². The number of fused-ring (bicyclic) bond motifs is 1. The number of benzene rings is 1. The van der Waals surface area contributed by atoms with Crippen LogP contribution < -0.4 is 4.74 Å². The summed E-state index contributed by atoms with van der Waals surface area (Å²) in [6.07, 6.45) is 5.16. The molecule has 2 N–H and O–H groups in total. The SMILES string of the molecule is O=C(O)c1csc(C2CC[C@@H]3C(/C=C/COc4cccc(F)c4)[C@H](O)C[C@@H]3O2)n1. The van der Waals surface area contributed by atoms with Gasteiger partial charge < -0.3 is 19.7 Å². The Hall–Kier alpha value is -2.29. The first kappa shape index (κ1) is 20.0. The average molecular weight is 419 g/mol. The second-order valence-corrected chi connectivity index (χ2v) is 8.25. The molecule has 1 aliphatic carbocycles. The van der Waals surface area contributed by atoms with Crippen LogP contribution in [0.5, 0.6) is 5.75 Å². The van der Waals surface area contributed by atoms with Crippen LogP contribution in [-0.4, -0.2) is 40.0 Å². The van der Waals surface area contributed by atoms with Crippen molar-refractivity contribution in [2.75, 3.05) is 6.61 Å². The molecule has 6 nitrogen and oxygen atoms in total. The van der Waals surface area contributed by atoms with Crippen molar-refractivity contribution >= 4 is 17.3 Å². The Labute approximate surface area is 171 Å². The summed E-state index contributed by atoms with van der Waals surface area (Å²) in [5, 5.41) is 21.7. The fourth-order valence-electron chi connectivity index (χ4n) is 4.16. The van der Waals surface area contributed by atoms with E-state index < -0.39 is 12.1 Å². The van der Waals surface area contributed by atoms with Crippen LogP contribution in [0, 0.1) is 17.7 Å². The van der Waals surface area contributed by atoms with E-state index in [9.17, 15) is 14.3 Å². The standard InChI is InChI=1S/C21H22FNO5S/c22-12-3-1-4-13(9-12)27-8-2-5-14-15-6-7-18(28-19(15)10-17(14)24)20-23-16(11-29-20)21(25)26/h1-5,9,11,14-15,17-19,24H,6-8,10H2,(H,25,26)/b5-2+/t14?,15-,17-,18?,19+/m1/s1. The van der Waals surface area contributed by atoms with Crippen LogP contribution >= 0.6 is 11.3 Å². The van der Waals surface area contributed by atoms with Crippen LogP contribution in [0.2, 0.25) is 0 Å². The van der Waals surface area contributed by atoms with Crippen molar-refractivity contribution in [2.24, 2.45) is 11.8 Å². The van der Waals surface area contributed by atoms with Crippen molar-refractivity contribution in [2.45, 2.75) is 37.6 Å². The maximum absolute atomic E-state index is 13.2. The van der Waals surface area contributed by atoms with E-state index in [-0.39, 0.29) is 35.6 Å². The van der Waals surface area contributed by atoms with Crippen molar-refractivity contribution in [3.63, 3.8) is 0 Å². The van der Waals surface area contributed by atoms with E-state index in [0.29, 0.717) is 23.8 Å². The molecule has 1 aliphatic heterocycles. The van der Waals surface area contributed by atoms with Crippen LogP contribution in [0.4, 0.5) is 4.39 Å². The first-order valence-electron chi connectivity index (χ1n) is 9.58. The molecule has 1 aromatic carbocycles. The number of carboxylic acids is 1.